The van der Waals surface area contributed by atoms with Gasteiger partial charge in [0.1, 0.15) is 0 Å². The summed E-state index contributed by atoms with van der Waals surface area (Å²) >= 11 is 0. The van der Waals surface area contributed by atoms with E-state index < -0.39 is 0 Å². The zero-order valence-corrected chi connectivity index (χ0v) is 27.9. The smallest absolute Gasteiger partial charge is 0.0724 e. The molecular formula is C48H33N3. The molecule has 0 bridgehead atoms. The highest BCUT2D eigenvalue weighted by atomic mass is 15.3. The largest absolute Gasteiger partial charge is 0.310 e. The monoisotopic (exact) mass is 651 g/mol. The molecule has 0 saturated heterocycles. The fourth-order valence-electron chi connectivity index (χ4n) is 7.64. The molecule has 0 saturated carbocycles. The second-order valence-corrected chi connectivity index (χ2v) is 13.1. The van der Waals surface area contributed by atoms with Gasteiger partial charge in [0.15, 0.2) is 0 Å². The van der Waals surface area contributed by atoms with Gasteiger partial charge in [-0.25, -0.2) is 0 Å². The van der Waals surface area contributed by atoms with E-state index in [9.17, 15) is 0 Å². The second-order valence-electron chi connectivity index (χ2n) is 13.1. The molecule has 0 amide bonds. The van der Waals surface area contributed by atoms with Gasteiger partial charge < -0.3 is 14.7 Å². The molecule has 1 aliphatic rings. The lowest BCUT2D eigenvalue weighted by Gasteiger charge is -2.41. The van der Waals surface area contributed by atoms with Crippen LogP contribution in [0.15, 0.2) is 200 Å². The van der Waals surface area contributed by atoms with Crippen LogP contribution in [-0.4, -0.2) is 0 Å². The number of fused-ring (bicyclic) bond motifs is 5. The zero-order chi connectivity index (χ0) is 33.7. The summed E-state index contributed by atoms with van der Waals surface area (Å²) < 4.78 is 0. The molecule has 240 valence electrons. The van der Waals surface area contributed by atoms with Crippen molar-refractivity contribution < 1.29 is 0 Å². The lowest BCUT2D eigenvalue weighted by molar-refractivity contribution is 1.17. The van der Waals surface area contributed by atoms with Crippen LogP contribution in [0, 0.1) is 0 Å². The molecule has 3 nitrogen and oxygen atoms in total. The Labute approximate surface area is 297 Å². The number of para-hydroxylation sites is 2. The Kier molecular flexibility index (Phi) is 6.81. The van der Waals surface area contributed by atoms with E-state index in [2.05, 4.69) is 215 Å². The van der Waals surface area contributed by atoms with Crippen LogP contribution in [0.3, 0.4) is 0 Å². The fraction of sp³-hybridized carbons (Fsp3) is 0. The average molecular weight is 652 g/mol. The third kappa shape index (κ3) is 4.98. The second kappa shape index (κ2) is 11.9. The van der Waals surface area contributed by atoms with Crippen molar-refractivity contribution in [3.8, 4) is 0 Å². The van der Waals surface area contributed by atoms with Crippen molar-refractivity contribution in [2.45, 2.75) is 0 Å². The minimum Gasteiger partial charge on any atom is -0.310 e. The topological polar surface area (TPSA) is 9.72 Å². The lowest BCUT2D eigenvalue weighted by atomic mass is 9.99. The van der Waals surface area contributed by atoms with Crippen LogP contribution in [-0.2, 0) is 0 Å². The summed E-state index contributed by atoms with van der Waals surface area (Å²) in [4.78, 5) is 7.24. The highest BCUT2D eigenvalue weighted by molar-refractivity contribution is 6.08. The maximum atomic E-state index is 2.46. The van der Waals surface area contributed by atoms with Crippen molar-refractivity contribution >= 4 is 83.5 Å². The van der Waals surface area contributed by atoms with E-state index in [0.717, 1.165) is 51.2 Å². The minimum atomic E-state index is 1.08. The van der Waals surface area contributed by atoms with Crippen LogP contribution in [0.25, 0.3) is 32.3 Å². The van der Waals surface area contributed by atoms with Crippen LogP contribution in [0.2, 0.25) is 0 Å². The van der Waals surface area contributed by atoms with E-state index in [1.807, 2.05) is 0 Å². The van der Waals surface area contributed by atoms with E-state index in [1.165, 1.54) is 32.3 Å². The summed E-state index contributed by atoms with van der Waals surface area (Å²) in [5.74, 6) is 0. The Morgan fingerprint density at radius 1 is 0.255 bits per heavy atom. The summed E-state index contributed by atoms with van der Waals surface area (Å²) in [6, 6.07) is 72.4. The number of benzene rings is 9. The molecule has 0 unspecified atom stereocenters. The standard InChI is InChI=1S/C48H33N3/c1-3-19-40(20-4-1)49(41-21-5-2-6-22-41)44-27-28-45-48(33-44)51(43-26-24-35-14-8-10-16-37(35)30-43)47-32-39-18-12-11-17-38(39)31-46(47)50(45)42-25-23-34-13-7-9-15-36(34)29-42/h1-33H. The van der Waals surface area contributed by atoms with Crippen molar-refractivity contribution in [3.63, 3.8) is 0 Å². The van der Waals surface area contributed by atoms with E-state index in [0.29, 0.717) is 0 Å². The Morgan fingerprint density at radius 2 is 0.647 bits per heavy atom. The van der Waals surface area contributed by atoms with E-state index in [4.69, 9.17) is 0 Å². The zero-order valence-electron chi connectivity index (χ0n) is 27.9. The predicted octanol–water partition coefficient (Wildman–Crippen LogP) is 13.9. The molecule has 1 aliphatic heterocycles. The predicted molar refractivity (Wildman–Crippen MR) is 217 cm³/mol. The molecule has 0 N–H and O–H groups in total. The van der Waals surface area contributed by atoms with Crippen molar-refractivity contribution in [3.05, 3.63) is 200 Å². The van der Waals surface area contributed by atoms with Gasteiger partial charge in [-0.05, 0) is 111 Å². The quantitative estimate of drug-likeness (QED) is 0.183. The number of hydrogen-bond donors (Lipinski definition) is 0. The van der Waals surface area contributed by atoms with Crippen molar-refractivity contribution in [1.82, 2.24) is 0 Å². The van der Waals surface area contributed by atoms with Gasteiger partial charge in [0.2, 0.25) is 0 Å². The third-order valence-electron chi connectivity index (χ3n) is 10.0. The van der Waals surface area contributed by atoms with E-state index >= 15 is 0 Å². The van der Waals surface area contributed by atoms with Crippen molar-refractivity contribution in [2.75, 3.05) is 14.7 Å². The van der Waals surface area contributed by atoms with Gasteiger partial charge >= 0.3 is 0 Å². The van der Waals surface area contributed by atoms with Gasteiger partial charge in [-0.2, -0.15) is 0 Å². The van der Waals surface area contributed by atoms with Crippen LogP contribution in [0.5, 0.6) is 0 Å². The van der Waals surface area contributed by atoms with Crippen molar-refractivity contribution in [2.24, 2.45) is 0 Å². The molecule has 0 aromatic heterocycles. The van der Waals surface area contributed by atoms with Crippen LogP contribution in [0.4, 0.5) is 51.2 Å². The van der Waals surface area contributed by atoms with E-state index in [-0.39, 0.29) is 0 Å². The molecule has 51 heavy (non-hydrogen) atoms. The summed E-state index contributed by atoms with van der Waals surface area (Å²) in [6.07, 6.45) is 0. The minimum absolute atomic E-state index is 1.08. The van der Waals surface area contributed by atoms with Gasteiger partial charge in [0, 0.05) is 28.4 Å². The van der Waals surface area contributed by atoms with E-state index in [1.54, 1.807) is 0 Å². The molecule has 1 heterocycles. The summed E-state index contributed by atoms with van der Waals surface area (Å²) in [6.45, 7) is 0. The molecule has 9 aromatic carbocycles. The first-order valence-corrected chi connectivity index (χ1v) is 17.4. The molecule has 3 heteroatoms. The Hall–Kier alpha value is -6.84. The van der Waals surface area contributed by atoms with Gasteiger partial charge in [0.05, 0.1) is 22.7 Å². The third-order valence-corrected chi connectivity index (χ3v) is 10.0. The Bertz CT molecular complexity index is 2680. The molecule has 9 aromatic rings. The Morgan fingerprint density at radius 3 is 1.14 bits per heavy atom. The lowest BCUT2D eigenvalue weighted by Crippen LogP contribution is -2.24. The van der Waals surface area contributed by atoms with Gasteiger partial charge in [-0.3, -0.25) is 0 Å². The summed E-state index contributed by atoms with van der Waals surface area (Å²) in [5, 5.41) is 7.29. The van der Waals surface area contributed by atoms with Crippen LogP contribution >= 0.6 is 0 Å². The van der Waals surface area contributed by atoms with Crippen LogP contribution in [0.1, 0.15) is 0 Å². The average Bonchev–Trinajstić information content (AvgIpc) is 3.20. The molecule has 0 spiro atoms. The maximum absolute atomic E-state index is 2.46. The SMILES string of the molecule is c1ccc(N(c2ccccc2)c2ccc3c(c2)N(c2ccc4ccccc4c2)c2cc4ccccc4cc2N3c2ccc3ccccc3c2)cc1. The molecule has 0 fully saturated rings. The number of anilines is 9. The first kappa shape index (κ1) is 29.1. The van der Waals surface area contributed by atoms with Crippen LogP contribution < -0.4 is 14.7 Å². The molecule has 0 aliphatic carbocycles. The Balaban J connectivity index is 1.27. The fourth-order valence-corrected chi connectivity index (χ4v) is 7.64. The van der Waals surface area contributed by atoms with Gasteiger partial charge in [-0.15, -0.1) is 0 Å². The molecular weight excluding hydrogens is 619 g/mol. The normalized spacial score (nSPS) is 12.2. The molecule has 0 radical (unpaired) electrons. The number of hydrogen-bond acceptors (Lipinski definition) is 3. The van der Waals surface area contributed by atoms with Crippen molar-refractivity contribution in [1.29, 1.82) is 0 Å². The molecule has 0 atom stereocenters. The summed E-state index contributed by atoms with van der Waals surface area (Å²) in [7, 11) is 0. The first-order valence-electron chi connectivity index (χ1n) is 17.4. The highest BCUT2D eigenvalue weighted by Gasteiger charge is 2.32. The number of rotatable bonds is 5. The van der Waals surface area contributed by atoms with Gasteiger partial charge in [0.25, 0.3) is 0 Å². The summed E-state index contributed by atoms with van der Waals surface area (Å²) in [5.41, 5.74) is 10.0. The first-order chi connectivity index (χ1) is 25.3. The molecule has 10 rings (SSSR count). The number of nitrogens with zero attached hydrogens (tertiary/aromatic N) is 3. The van der Waals surface area contributed by atoms with Gasteiger partial charge in [-0.1, -0.05) is 121 Å². The maximum Gasteiger partial charge on any atom is 0.0724 e. The highest BCUT2D eigenvalue weighted by Crippen LogP contribution is 2.56.